The van der Waals surface area contributed by atoms with Gasteiger partial charge in [0.2, 0.25) is 12.3 Å². The summed E-state index contributed by atoms with van der Waals surface area (Å²) in [6, 6.07) is 9.51. The summed E-state index contributed by atoms with van der Waals surface area (Å²) >= 11 is 0. The standard InChI is InChI=1S/C29H33N5O5/c1-5-6-9-33(17-35)20-7-8-21-23-16-30-26(14-22(23)18(2)39-25(21)13-20)32-19-12-24-27(31-15-19)38-11-10-34(24)28(36)29(3,4)37/h7-8,12-18,37H,5-6,9-11H2,1-4H3,(H,30,32). The Balaban J connectivity index is 1.41. The molecular formula is C29H33N5O5. The number of carbonyl (C=O) groups is 2. The van der Waals surface area contributed by atoms with Crippen LogP contribution in [0.1, 0.15) is 52.2 Å². The number of aliphatic hydroxyl groups is 1. The molecule has 4 heterocycles. The Morgan fingerprint density at radius 2 is 2.05 bits per heavy atom. The number of nitrogens with one attached hydrogen (secondary N) is 1. The quantitative estimate of drug-likeness (QED) is 0.405. The molecule has 0 saturated heterocycles. The molecule has 10 heteroatoms. The van der Waals surface area contributed by atoms with Gasteiger partial charge in [0.1, 0.15) is 35.6 Å². The van der Waals surface area contributed by atoms with E-state index in [9.17, 15) is 14.7 Å². The average Bonchev–Trinajstić information content (AvgIpc) is 2.92. The van der Waals surface area contributed by atoms with Crippen LogP contribution in [0.3, 0.4) is 0 Å². The Kier molecular flexibility index (Phi) is 7.14. The Morgan fingerprint density at radius 1 is 1.23 bits per heavy atom. The SMILES string of the molecule is CCCCN(C=O)c1ccc2c(c1)OC(C)c1cc(Nc3cnc4c(c3)N(C(=O)C(C)(C)O)CCO4)ncc1-2. The maximum atomic E-state index is 12.8. The molecule has 1 aromatic carbocycles. The fraction of sp³-hybridized carbons (Fsp3) is 0.379. The number of hydrogen-bond donors (Lipinski definition) is 2. The first-order chi connectivity index (χ1) is 18.7. The van der Waals surface area contributed by atoms with Gasteiger partial charge in [-0.1, -0.05) is 13.3 Å². The van der Waals surface area contributed by atoms with E-state index in [1.54, 1.807) is 17.2 Å². The number of nitrogens with zero attached hydrogens (tertiary/aromatic N) is 4. The summed E-state index contributed by atoms with van der Waals surface area (Å²) < 4.78 is 11.9. The third-order valence-corrected chi connectivity index (χ3v) is 6.86. The summed E-state index contributed by atoms with van der Waals surface area (Å²) in [6.45, 7) is 8.27. The molecule has 39 heavy (non-hydrogen) atoms. The molecular weight excluding hydrogens is 498 g/mol. The number of fused-ring (bicyclic) bond motifs is 4. The number of carbonyl (C=O) groups excluding carboxylic acids is 2. The molecule has 3 aromatic rings. The van der Waals surface area contributed by atoms with Crippen molar-refractivity contribution in [3.05, 3.63) is 48.3 Å². The van der Waals surface area contributed by atoms with E-state index in [4.69, 9.17) is 9.47 Å². The van der Waals surface area contributed by atoms with Crippen molar-refractivity contribution < 1.29 is 24.2 Å². The van der Waals surface area contributed by atoms with Gasteiger partial charge in [0.05, 0.1) is 18.4 Å². The summed E-state index contributed by atoms with van der Waals surface area (Å²) in [5.74, 6) is 1.22. The predicted octanol–water partition coefficient (Wildman–Crippen LogP) is 4.60. The topological polar surface area (TPSA) is 117 Å². The first kappa shape index (κ1) is 26.4. The Morgan fingerprint density at radius 3 is 2.79 bits per heavy atom. The van der Waals surface area contributed by atoms with Crippen LogP contribution in [-0.4, -0.2) is 52.7 Å². The second-order valence-corrected chi connectivity index (χ2v) is 10.3. The number of anilines is 4. The average molecular weight is 532 g/mol. The van der Waals surface area contributed by atoms with Gasteiger partial charge in [-0.15, -0.1) is 0 Å². The Hall–Kier alpha value is -4.18. The minimum absolute atomic E-state index is 0.235. The minimum Gasteiger partial charge on any atom is -0.485 e. The van der Waals surface area contributed by atoms with Crippen LogP contribution in [0.5, 0.6) is 11.6 Å². The van der Waals surface area contributed by atoms with Crippen molar-refractivity contribution in [2.24, 2.45) is 0 Å². The van der Waals surface area contributed by atoms with Gasteiger partial charge in [0, 0.05) is 41.2 Å². The lowest BCUT2D eigenvalue weighted by Crippen LogP contribution is -2.48. The van der Waals surface area contributed by atoms with Gasteiger partial charge in [-0.05, 0) is 51.5 Å². The molecule has 2 amide bonds. The molecule has 2 aromatic heterocycles. The maximum Gasteiger partial charge on any atom is 0.258 e. The van der Waals surface area contributed by atoms with Crippen LogP contribution in [0.25, 0.3) is 11.1 Å². The first-order valence-electron chi connectivity index (χ1n) is 13.2. The van der Waals surface area contributed by atoms with Gasteiger partial charge in [-0.3, -0.25) is 9.59 Å². The molecule has 10 nitrogen and oxygen atoms in total. The monoisotopic (exact) mass is 531 g/mol. The second-order valence-electron chi connectivity index (χ2n) is 10.3. The number of amides is 2. The third kappa shape index (κ3) is 5.24. The molecule has 5 rings (SSSR count). The zero-order valence-corrected chi connectivity index (χ0v) is 22.6. The molecule has 0 spiro atoms. The number of benzene rings is 1. The van der Waals surface area contributed by atoms with Crippen molar-refractivity contribution >= 4 is 35.2 Å². The molecule has 2 aliphatic rings. The molecule has 204 valence electrons. The predicted molar refractivity (Wildman–Crippen MR) is 149 cm³/mol. The summed E-state index contributed by atoms with van der Waals surface area (Å²) in [4.78, 5) is 36.6. The Bertz CT molecular complexity index is 1400. The van der Waals surface area contributed by atoms with Crippen LogP contribution >= 0.6 is 0 Å². The zero-order chi connectivity index (χ0) is 27.7. The van der Waals surface area contributed by atoms with Gasteiger partial charge >= 0.3 is 0 Å². The molecule has 1 atom stereocenters. The lowest BCUT2D eigenvalue weighted by molar-refractivity contribution is -0.133. The van der Waals surface area contributed by atoms with E-state index >= 15 is 0 Å². The first-order valence-corrected chi connectivity index (χ1v) is 13.2. The smallest absolute Gasteiger partial charge is 0.258 e. The highest BCUT2D eigenvalue weighted by molar-refractivity contribution is 6.00. The third-order valence-electron chi connectivity index (χ3n) is 6.86. The Labute approximate surface area is 227 Å². The fourth-order valence-corrected chi connectivity index (χ4v) is 4.79. The van der Waals surface area contributed by atoms with Gasteiger partial charge in [0.15, 0.2) is 0 Å². The lowest BCUT2D eigenvalue weighted by Gasteiger charge is -2.32. The largest absolute Gasteiger partial charge is 0.485 e. The summed E-state index contributed by atoms with van der Waals surface area (Å²) in [7, 11) is 0. The van der Waals surface area contributed by atoms with Gasteiger partial charge in [0.25, 0.3) is 5.91 Å². The van der Waals surface area contributed by atoms with Crippen LogP contribution < -0.4 is 24.6 Å². The van der Waals surface area contributed by atoms with E-state index in [1.807, 2.05) is 37.4 Å². The van der Waals surface area contributed by atoms with Crippen LogP contribution in [0.15, 0.2) is 42.7 Å². The summed E-state index contributed by atoms with van der Waals surface area (Å²) in [5.41, 5.74) is 3.24. The van der Waals surface area contributed by atoms with E-state index in [1.165, 1.54) is 18.7 Å². The summed E-state index contributed by atoms with van der Waals surface area (Å²) in [6.07, 6.45) is 5.98. The fourth-order valence-electron chi connectivity index (χ4n) is 4.79. The van der Waals surface area contributed by atoms with Crippen molar-refractivity contribution in [3.63, 3.8) is 0 Å². The van der Waals surface area contributed by atoms with E-state index < -0.39 is 11.5 Å². The number of rotatable bonds is 8. The number of hydrogen-bond acceptors (Lipinski definition) is 8. The van der Waals surface area contributed by atoms with E-state index in [2.05, 4.69) is 22.2 Å². The molecule has 0 radical (unpaired) electrons. The number of unbranched alkanes of at least 4 members (excludes halogenated alkanes) is 1. The molecule has 2 aliphatic heterocycles. The van der Waals surface area contributed by atoms with Crippen molar-refractivity contribution in [3.8, 4) is 22.8 Å². The van der Waals surface area contributed by atoms with Crippen LogP contribution in [-0.2, 0) is 9.59 Å². The summed E-state index contributed by atoms with van der Waals surface area (Å²) in [5, 5.41) is 13.5. The second kappa shape index (κ2) is 10.5. The molecule has 0 saturated carbocycles. The van der Waals surface area contributed by atoms with E-state index in [-0.39, 0.29) is 6.10 Å². The normalized spacial score (nSPS) is 15.7. The molecule has 0 fully saturated rings. The van der Waals surface area contributed by atoms with E-state index in [0.29, 0.717) is 48.5 Å². The lowest BCUT2D eigenvalue weighted by atomic mass is 9.94. The highest BCUT2D eigenvalue weighted by atomic mass is 16.5. The van der Waals surface area contributed by atoms with Crippen molar-refractivity contribution in [1.29, 1.82) is 0 Å². The van der Waals surface area contributed by atoms with Crippen molar-refractivity contribution in [2.75, 3.05) is 34.8 Å². The number of ether oxygens (including phenoxy) is 2. The maximum absolute atomic E-state index is 12.8. The molecule has 1 unspecified atom stereocenters. The zero-order valence-electron chi connectivity index (χ0n) is 22.6. The molecule has 2 N–H and O–H groups in total. The van der Waals surface area contributed by atoms with Crippen LogP contribution in [0, 0.1) is 0 Å². The van der Waals surface area contributed by atoms with Gasteiger partial charge in [-0.2, -0.15) is 0 Å². The van der Waals surface area contributed by atoms with Gasteiger partial charge in [-0.25, -0.2) is 9.97 Å². The minimum atomic E-state index is -1.52. The van der Waals surface area contributed by atoms with Crippen LogP contribution in [0.4, 0.5) is 22.9 Å². The highest BCUT2D eigenvalue weighted by Gasteiger charge is 2.34. The molecule has 0 bridgehead atoms. The molecule has 0 aliphatic carbocycles. The highest BCUT2D eigenvalue weighted by Crippen LogP contribution is 2.44. The van der Waals surface area contributed by atoms with Gasteiger partial charge < -0.3 is 29.7 Å². The number of pyridine rings is 2. The van der Waals surface area contributed by atoms with Crippen molar-refractivity contribution in [1.82, 2.24) is 9.97 Å². The van der Waals surface area contributed by atoms with Crippen molar-refractivity contribution in [2.45, 2.75) is 52.2 Å². The van der Waals surface area contributed by atoms with E-state index in [0.717, 1.165) is 41.6 Å². The number of aromatic nitrogens is 2. The van der Waals surface area contributed by atoms with Crippen LogP contribution in [0.2, 0.25) is 0 Å².